The third-order valence-corrected chi connectivity index (χ3v) is 3.88. The lowest BCUT2D eigenvalue weighted by Crippen LogP contribution is -2.46. The van der Waals surface area contributed by atoms with E-state index in [1.807, 2.05) is 13.8 Å². The predicted octanol–water partition coefficient (Wildman–Crippen LogP) is 2.13. The molecule has 1 saturated carbocycles. The Labute approximate surface area is 91.8 Å². The third kappa shape index (κ3) is 2.17. The Hall–Kier alpha value is -0.570. The van der Waals surface area contributed by atoms with E-state index in [4.69, 9.17) is 4.74 Å². The summed E-state index contributed by atoms with van der Waals surface area (Å²) in [5, 5.41) is 10.5. The zero-order valence-electron chi connectivity index (χ0n) is 10.2. The quantitative estimate of drug-likeness (QED) is 0.713. The van der Waals surface area contributed by atoms with Gasteiger partial charge in [0.05, 0.1) is 18.1 Å². The van der Waals surface area contributed by atoms with E-state index in [2.05, 4.69) is 0 Å². The molecule has 0 saturated heterocycles. The molecule has 3 heteroatoms. The van der Waals surface area contributed by atoms with Crippen molar-refractivity contribution in [1.82, 2.24) is 0 Å². The Bertz CT molecular complexity index is 241. The monoisotopic (exact) mass is 214 g/mol. The van der Waals surface area contributed by atoms with Crippen LogP contribution in [0.5, 0.6) is 0 Å². The minimum atomic E-state index is -0.937. The van der Waals surface area contributed by atoms with Gasteiger partial charge in [0.25, 0.3) is 0 Å². The fourth-order valence-corrected chi connectivity index (χ4v) is 2.15. The van der Waals surface area contributed by atoms with Crippen LogP contribution in [0.1, 0.15) is 47.0 Å². The first kappa shape index (κ1) is 12.5. The van der Waals surface area contributed by atoms with Crippen LogP contribution < -0.4 is 0 Å². The number of ether oxygens (including phenoxy) is 1. The van der Waals surface area contributed by atoms with Crippen molar-refractivity contribution >= 4 is 5.97 Å². The fraction of sp³-hybridized carbons (Fsp3) is 0.917. The Balaban J connectivity index is 2.77. The number of esters is 1. The van der Waals surface area contributed by atoms with Crippen LogP contribution in [0, 0.1) is 11.3 Å². The molecule has 0 aromatic carbocycles. The average Bonchev–Trinajstić information content (AvgIpc) is 2.86. The van der Waals surface area contributed by atoms with Crippen molar-refractivity contribution in [2.45, 2.75) is 52.6 Å². The standard InChI is InChI=1S/C12H22O3/c1-5-9(10(13)15-6-2)12(4,14)11(3)7-8-11/h9,14H,5-8H2,1-4H3. The lowest BCUT2D eigenvalue weighted by Gasteiger charge is -2.36. The maximum atomic E-state index is 11.7. The van der Waals surface area contributed by atoms with E-state index in [1.54, 1.807) is 13.8 Å². The number of rotatable bonds is 5. The smallest absolute Gasteiger partial charge is 0.311 e. The summed E-state index contributed by atoms with van der Waals surface area (Å²) in [4.78, 5) is 11.7. The minimum Gasteiger partial charge on any atom is -0.466 e. The maximum absolute atomic E-state index is 11.7. The molecule has 0 heterocycles. The zero-order chi connectivity index (χ0) is 11.7. The van der Waals surface area contributed by atoms with Gasteiger partial charge in [0, 0.05) is 0 Å². The van der Waals surface area contributed by atoms with Crippen LogP contribution in [0.15, 0.2) is 0 Å². The summed E-state index contributed by atoms with van der Waals surface area (Å²) in [6, 6.07) is 0. The number of carbonyl (C=O) groups excluding carboxylic acids is 1. The van der Waals surface area contributed by atoms with Gasteiger partial charge in [-0.15, -0.1) is 0 Å². The van der Waals surface area contributed by atoms with Gasteiger partial charge in [0.1, 0.15) is 0 Å². The van der Waals surface area contributed by atoms with Gasteiger partial charge in [-0.3, -0.25) is 4.79 Å². The highest BCUT2D eigenvalue weighted by atomic mass is 16.5. The van der Waals surface area contributed by atoms with E-state index < -0.39 is 11.5 Å². The Morgan fingerprint density at radius 2 is 2.07 bits per heavy atom. The Kier molecular flexibility index (Phi) is 3.44. The molecule has 0 radical (unpaired) electrons. The number of hydrogen-bond acceptors (Lipinski definition) is 3. The van der Waals surface area contributed by atoms with Gasteiger partial charge in [0.2, 0.25) is 0 Å². The summed E-state index contributed by atoms with van der Waals surface area (Å²) in [6.07, 6.45) is 2.62. The summed E-state index contributed by atoms with van der Waals surface area (Å²) < 4.78 is 5.01. The highest BCUT2D eigenvalue weighted by molar-refractivity contribution is 5.74. The summed E-state index contributed by atoms with van der Waals surface area (Å²) in [5.74, 6) is -0.664. The zero-order valence-corrected chi connectivity index (χ0v) is 10.2. The van der Waals surface area contributed by atoms with Crippen molar-refractivity contribution in [2.75, 3.05) is 6.61 Å². The second kappa shape index (κ2) is 4.12. The van der Waals surface area contributed by atoms with Crippen molar-refractivity contribution in [3.8, 4) is 0 Å². The van der Waals surface area contributed by atoms with E-state index in [9.17, 15) is 9.90 Å². The third-order valence-electron chi connectivity index (χ3n) is 3.88. The second-order valence-corrected chi connectivity index (χ2v) is 4.92. The van der Waals surface area contributed by atoms with Gasteiger partial charge >= 0.3 is 5.97 Å². The first-order valence-corrected chi connectivity index (χ1v) is 5.78. The molecule has 1 N–H and O–H groups in total. The van der Waals surface area contributed by atoms with Gasteiger partial charge in [-0.2, -0.15) is 0 Å². The maximum Gasteiger partial charge on any atom is 0.311 e. The lowest BCUT2D eigenvalue weighted by molar-refractivity contribution is -0.162. The SMILES string of the molecule is CCOC(=O)C(CC)C(C)(O)C1(C)CC1. The normalized spacial score (nSPS) is 24.1. The summed E-state index contributed by atoms with van der Waals surface area (Å²) in [6.45, 7) is 7.89. The van der Waals surface area contributed by atoms with Crippen LogP contribution in [0.25, 0.3) is 0 Å². The molecule has 0 aromatic rings. The van der Waals surface area contributed by atoms with Crippen LogP contribution in [-0.4, -0.2) is 23.3 Å². The van der Waals surface area contributed by atoms with Crippen molar-refractivity contribution in [2.24, 2.45) is 11.3 Å². The molecule has 1 aliphatic carbocycles. The molecule has 1 fully saturated rings. The molecule has 2 atom stereocenters. The summed E-state index contributed by atoms with van der Waals surface area (Å²) in [7, 11) is 0. The van der Waals surface area contributed by atoms with Gasteiger partial charge in [-0.05, 0) is 38.5 Å². The molecule has 1 rings (SSSR count). The van der Waals surface area contributed by atoms with E-state index in [1.165, 1.54) is 0 Å². The van der Waals surface area contributed by atoms with Gasteiger partial charge in [-0.1, -0.05) is 13.8 Å². The molecule has 0 spiro atoms. The highest BCUT2D eigenvalue weighted by Gasteiger charge is 2.57. The first-order chi connectivity index (χ1) is 6.89. The topological polar surface area (TPSA) is 46.5 Å². The van der Waals surface area contributed by atoms with Gasteiger partial charge in [0.15, 0.2) is 0 Å². The molecule has 0 aromatic heterocycles. The molecular formula is C12H22O3. The number of aliphatic hydroxyl groups is 1. The largest absolute Gasteiger partial charge is 0.466 e. The molecule has 88 valence electrons. The van der Waals surface area contributed by atoms with Crippen LogP contribution in [-0.2, 0) is 9.53 Å². The fourth-order valence-electron chi connectivity index (χ4n) is 2.15. The first-order valence-electron chi connectivity index (χ1n) is 5.78. The molecule has 15 heavy (non-hydrogen) atoms. The van der Waals surface area contributed by atoms with Crippen molar-refractivity contribution < 1.29 is 14.6 Å². The van der Waals surface area contributed by atoms with Crippen molar-refractivity contribution in [3.05, 3.63) is 0 Å². The van der Waals surface area contributed by atoms with Crippen LogP contribution >= 0.6 is 0 Å². The number of hydrogen-bond donors (Lipinski definition) is 1. The molecule has 0 bridgehead atoms. The molecular weight excluding hydrogens is 192 g/mol. The summed E-state index contributed by atoms with van der Waals surface area (Å²) in [5.41, 5.74) is -1.03. The Morgan fingerprint density at radius 1 is 1.53 bits per heavy atom. The molecule has 3 nitrogen and oxygen atoms in total. The molecule has 0 aliphatic heterocycles. The van der Waals surface area contributed by atoms with Crippen molar-refractivity contribution in [1.29, 1.82) is 0 Å². The molecule has 0 amide bonds. The van der Waals surface area contributed by atoms with Crippen LogP contribution in [0.2, 0.25) is 0 Å². The minimum absolute atomic E-state index is 0.0968. The van der Waals surface area contributed by atoms with E-state index in [0.29, 0.717) is 13.0 Å². The van der Waals surface area contributed by atoms with E-state index in [0.717, 1.165) is 12.8 Å². The molecule has 2 unspecified atom stereocenters. The second-order valence-electron chi connectivity index (χ2n) is 4.92. The predicted molar refractivity (Wildman–Crippen MR) is 58.4 cm³/mol. The lowest BCUT2D eigenvalue weighted by atomic mass is 9.75. The van der Waals surface area contributed by atoms with E-state index in [-0.39, 0.29) is 11.4 Å². The Morgan fingerprint density at radius 3 is 2.40 bits per heavy atom. The highest BCUT2D eigenvalue weighted by Crippen LogP contribution is 2.56. The van der Waals surface area contributed by atoms with Crippen molar-refractivity contribution in [3.63, 3.8) is 0 Å². The van der Waals surface area contributed by atoms with E-state index >= 15 is 0 Å². The van der Waals surface area contributed by atoms with Gasteiger partial charge < -0.3 is 9.84 Å². The van der Waals surface area contributed by atoms with Crippen LogP contribution in [0.4, 0.5) is 0 Å². The average molecular weight is 214 g/mol. The molecule has 1 aliphatic rings. The number of carbonyl (C=O) groups is 1. The van der Waals surface area contributed by atoms with Gasteiger partial charge in [-0.25, -0.2) is 0 Å². The summed E-state index contributed by atoms with van der Waals surface area (Å²) >= 11 is 0. The van der Waals surface area contributed by atoms with Crippen LogP contribution in [0.3, 0.4) is 0 Å².